The van der Waals surface area contributed by atoms with E-state index >= 15 is 0 Å². The molecule has 0 heterocycles. The number of hydrogen-bond donors (Lipinski definition) is 1. The summed E-state index contributed by atoms with van der Waals surface area (Å²) in [5, 5.41) is 2.82. The Morgan fingerprint density at radius 2 is 1.75 bits per heavy atom. The topological polar surface area (TPSA) is 38.3 Å². The van der Waals surface area contributed by atoms with Gasteiger partial charge in [0.25, 0.3) is 5.91 Å². The predicted octanol–water partition coefficient (Wildman–Crippen LogP) is 4.46. The minimum absolute atomic E-state index is 0.172. The lowest BCUT2D eigenvalue weighted by Crippen LogP contribution is -2.30. The maximum absolute atomic E-state index is 12.0. The third-order valence-corrected chi connectivity index (χ3v) is 3.86. The number of rotatable bonds is 4. The number of carbonyl (C=O) groups excluding carboxylic acids is 1. The molecule has 1 N–H and O–H groups in total. The van der Waals surface area contributed by atoms with E-state index in [4.69, 9.17) is 4.74 Å². The zero-order valence-corrected chi connectivity index (χ0v) is 14.5. The molecule has 2 aromatic carbocycles. The summed E-state index contributed by atoms with van der Waals surface area (Å²) >= 11 is 5.58. The zero-order valence-electron chi connectivity index (χ0n) is 10.8. The van der Waals surface area contributed by atoms with Crippen LogP contribution in [0.4, 0.5) is 5.69 Å². The summed E-state index contributed by atoms with van der Waals surface area (Å²) in [7, 11) is 0. The van der Waals surface area contributed by atoms with Crippen LogP contribution < -0.4 is 10.1 Å². The second-order valence-electron chi connectivity index (χ2n) is 4.21. The van der Waals surface area contributed by atoms with Crippen molar-refractivity contribution in [1.82, 2.24) is 0 Å². The van der Waals surface area contributed by atoms with Crippen LogP contribution in [0.3, 0.4) is 0 Å². The molecule has 0 aliphatic rings. The molecule has 0 unspecified atom stereocenters. The number of halogens is 2. The van der Waals surface area contributed by atoms with Gasteiger partial charge in [-0.25, -0.2) is 0 Å². The fourth-order valence-electron chi connectivity index (χ4n) is 1.55. The second kappa shape index (κ2) is 7.08. The van der Waals surface area contributed by atoms with Crippen LogP contribution in [-0.4, -0.2) is 12.0 Å². The lowest BCUT2D eigenvalue weighted by molar-refractivity contribution is -0.122. The molecule has 5 heteroatoms. The molecule has 0 aliphatic carbocycles. The van der Waals surface area contributed by atoms with E-state index in [9.17, 15) is 4.79 Å². The monoisotopic (exact) mass is 445 g/mol. The van der Waals surface area contributed by atoms with E-state index in [2.05, 4.69) is 43.8 Å². The number of carbonyl (C=O) groups is 1. The number of amides is 1. The highest BCUT2D eigenvalue weighted by atomic mass is 127. The van der Waals surface area contributed by atoms with Crippen molar-refractivity contribution in [2.45, 2.75) is 13.0 Å². The maximum atomic E-state index is 12.0. The minimum atomic E-state index is -0.560. The Bertz CT molecular complexity index is 584. The summed E-state index contributed by atoms with van der Waals surface area (Å²) in [6.45, 7) is 1.73. The summed E-state index contributed by atoms with van der Waals surface area (Å²) in [4.78, 5) is 12.0. The van der Waals surface area contributed by atoms with Crippen molar-refractivity contribution in [1.29, 1.82) is 0 Å². The molecule has 1 amide bonds. The highest BCUT2D eigenvalue weighted by molar-refractivity contribution is 14.1. The van der Waals surface area contributed by atoms with Gasteiger partial charge in [-0.3, -0.25) is 4.79 Å². The first-order valence-corrected chi connectivity index (χ1v) is 7.90. The standard InChI is InChI=1S/C15H13BrINO2/c1-10(20-14-8-2-11(16)3-9-14)15(19)18-13-6-4-12(17)5-7-13/h2-10H,1H3,(H,18,19)/t10-/m0/s1. The van der Waals surface area contributed by atoms with Gasteiger partial charge in [0.2, 0.25) is 0 Å². The molecule has 0 aromatic heterocycles. The third-order valence-electron chi connectivity index (χ3n) is 2.61. The van der Waals surface area contributed by atoms with E-state index in [0.717, 1.165) is 13.7 Å². The SMILES string of the molecule is C[C@H](Oc1ccc(Br)cc1)C(=O)Nc1ccc(I)cc1. The van der Waals surface area contributed by atoms with Gasteiger partial charge in [-0.15, -0.1) is 0 Å². The van der Waals surface area contributed by atoms with Gasteiger partial charge in [0.05, 0.1) is 0 Å². The number of benzene rings is 2. The molecule has 0 radical (unpaired) electrons. The fourth-order valence-corrected chi connectivity index (χ4v) is 2.17. The molecule has 0 aliphatic heterocycles. The average Bonchev–Trinajstić information content (AvgIpc) is 2.44. The van der Waals surface area contributed by atoms with Crippen LogP contribution in [0.25, 0.3) is 0 Å². The van der Waals surface area contributed by atoms with Crippen LogP contribution >= 0.6 is 38.5 Å². The van der Waals surface area contributed by atoms with Gasteiger partial charge in [-0.2, -0.15) is 0 Å². The van der Waals surface area contributed by atoms with Crippen molar-refractivity contribution < 1.29 is 9.53 Å². The fraction of sp³-hybridized carbons (Fsp3) is 0.133. The molecule has 0 fully saturated rings. The molecule has 0 bridgehead atoms. The molecule has 104 valence electrons. The Balaban J connectivity index is 1.94. The highest BCUT2D eigenvalue weighted by Crippen LogP contribution is 2.18. The van der Waals surface area contributed by atoms with E-state index in [0.29, 0.717) is 5.75 Å². The lowest BCUT2D eigenvalue weighted by atomic mass is 10.3. The van der Waals surface area contributed by atoms with Gasteiger partial charge in [0, 0.05) is 13.7 Å². The number of nitrogens with one attached hydrogen (secondary N) is 1. The van der Waals surface area contributed by atoms with Crippen LogP contribution in [0.15, 0.2) is 53.0 Å². The largest absolute Gasteiger partial charge is 0.481 e. The molecule has 20 heavy (non-hydrogen) atoms. The van der Waals surface area contributed by atoms with Crippen LogP contribution in [0.5, 0.6) is 5.75 Å². The third kappa shape index (κ3) is 4.49. The molecular formula is C15H13BrINO2. The molecule has 0 saturated heterocycles. The van der Waals surface area contributed by atoms with Crippen LogP contribution in [0, 0.1) is 3.57 Å². The minimum Gasteiger partial charge on any atom is -0.481 e. The first-order chi connectivity index (χ1) is 9.54. The Hall–Kier alpha value is -1.08. The lowest BCUT2D eigenvalue weighted by Gasteiger charge is -2.14. The molecule has 1 atom stereocenters. The second-order valence-corrected chi connectivity index (χ2v) is 6.37. The van der Waals surface area contributed by atoms with Crippen molar-refractivity contribution >= 4 is 50.1 Å². The van der Waals surface area contributed by atoms with Crippen molar-refractivity contribution in [3.8, 4) is 5.75 Å². The van der Waals surface area contributed by atoms with Crippen molar-refractivity contribution in [3.63, 3.8) is 0 Å². The number of ether oxygens (including phenoxy) is 1. The first kappa shape index (κ1) is 15.3. The summed E-state index contributed by atoms with van der Waals surface area (Å²) < 4.78 is 7.69. The maximum Gasteiger partial charge on any atom is 0.265 e. The van der Waals surface area contributed by atoms with E-state index < -0.39 is 6.10 Å². The molecule has 2 rings (SSSR count). The molecule has 0 spiro atoms. The molecule has 2 aromatic rings. The van der Waals surface area contributed by atoms with Crippen molar-refractivity contribution in [2.24, 2.45) is 0 Å². The first-order valence-electron chi connectivity index (χ1n) is 6.03. The van der Waals surface area contributed by atoms with Crippen LogP contribution in [0.2, 0.25) is 0 Å². The Kier molecular flexibility index (Phi) is 5.42. The van der Waals surface area contributed by atoms with Gasteiger partial charge in [0.1, 0.15) is 5.75 Å². The zero-order chi connectivity index (χ0) is 14.5. The smallest absolute Gasteiger partial charge is 0.265 e. The molecular weight excluding hydrogens is 433 g/mol. The number of anilines is 1. The van der Waals surface area contributed by atoms with E-state index in [1.54, 1.807) is 6.92 Å². The predicted molar refractivity (Wildman–Crippen MR) is 92.0 cm³/mol. The normalized spacial score (nSPS) is 11.8. The average molecular weight is 446 g/mol. The molecule has 3 nitrogen and oxygen atoms in total. The molecule has 0 saturated carbocycles. The van der Waals surface area contributed by atoms with Gasteiger partial charge >= 0.3 is 0 Å². The van der Waals surface area contributed by atoms with Gasteiger partial charge in [-0.05, 0) is 78.0 Å². The quantitative estimate of drug-likeness (QED) is 0.705. The summed E-state index contributed by atoms with van der Waals surface area (Å²) in [6, 6.07) is 15.0. The van der Waals surface area contributed by atoms with Crippen LogP contribution in [-0.2, 0) is 4.79 Å². The summed E-state index contributed by atoms with van der Waals surface area (Å²) in [5.41, 5.74) is 0.765. The highest BCUT2D eigenvalue weighted by Gasteiger charge is 2.14. The number of hydrogen-bond acceptors (Lipinski definition) is 2. The van der Waals surface area contributed by atoms with Gasteiger partial charge in [-0.1, -0.05) is 15.9 Å². The van der Waals surface area contributed by atoms with Gasteiger partial charge in [0.15, 0.2) is 6.10 Å². The summed E-state index contributed by atoms with van der Waals surface area (Å²) in [6.07, 6.45) is -0.560. The van der Waals surface area contributed by atoms with Crippen molar-refractivity contribution in [2.75, 3.05) is 5.32 Å². The van der Waals surface area contributed by atoms with Crippen molar-refractivity contribution in [3.05, 3.63) is 56.6 Å². The Morgan fingerprint density at radius 1 is 1.15 bits per heavy atom. The van der Waals surface area contributed by atoms with Crippen LogP contribution in [0.1, 0.15) is 6.92 Å². The summed E-state index contributed by atoms with van der Waals surface area (Å²) in [5.74, 6) is 0.493. The van der Waals surface area contributed by atoms with Gasteiger partial charge < -0.3 is 10.1 Å². The van der Waals surface area contributed by atoms with E-state index in [1.807, 2.05) is 48.5 Å². The van der Waals surface area contributed by atoms with E-state index in [1.165, 1.54) is 0 Å². The Labute approximate surface area is 140 Å². The van der Waals surface area contributed by atoms with E-state index in [-0.39, 0.29) is 5.91 Å². The Morgan fingerprint density at radius 3 is 2.35 bits per heavy atom.